The van der Waals surface area contributed by atoms with E-state index < -0.39 is 0 Å². The fourth-order valence-corrected chi connectivity index (χ4v) is 2.67. The van der Waals surface area contributed by atoms with Crippen LogP contribution in [0.3, 0.4) is 0 Å². The third-order valence-electron chi connectivity index (χ3n) is 3.86. The number of hydrogen-bond acceptors (Lipinski definition) is 2. The number of piperidine rings is 1. The van der Waals surface area contributed by atoms with Crippen molar-refractivity contribution in [3.8, 4) is 0 Å². The Balaban J connectivity index is 0.000000531. The monoisotopic (exact) mass is 212 g/mol. The first kappa shape index (κ1) is 13.0. The molecule has 0 radical (unpaired) electrons. The van der Waals surface area contributed by atoms with Gasteiger partial charge >= 0.3 is 0 Å². The molecule has 2 saturated heterocycles. The topological polar surface area (TPSA) is 6.48 Å². The summed E-state index contributed by atoms with van der Waals surface area (Å²) in [6, 6.07) is 0. The van der Waals surface area contributed by atoms with Crippen LogP contribution >= 0.6 is 0 Å². The van der Waals surface area contributed by atoms with Crippen molar-refractivity contribution in [1.29, 1.82) is 0 Å². The van der Waals surface area contributed by atoms with Crippen LogP contribution in [0.2, 0.25) is 0 Å². The van der Waals surface area contributed by atoms with Crippen LogP contribution in [-0.2, 0) is 0 Å². The van der Waals surface area contributed by atoms with Crippen molar-refractivity contribution in [3.63, 3.8) is 0 Å². The Hall–Kier alpha value is -0.0800. The molecule has 15 heavy (non-hydrogen) atoms. The molecular weight excluding hydrogens is 184 g/mol. The number of nitrogens with zero attached hydrogens (tertiary/aromatic N) is 2. The summed E-state index contributed by atoms with van der Waals surface area (Å²) in [6.07, 6.45) is 2.89. The Morgan fingerprint density at radius 1 is 1.00 bits per heavy atom. The van der Waals surface area contributed by atoms with E-state index >= 15 is 0 Å². The maximum atomic E-state index is 2.56. The second-order valence-electron chi connectivity index (χ2n) is 4.75. The largest absolute Gasteiger partial charge is 0.306 e. The van der Waals surface area contributed by atoms with Crippen LogP contribution in [0, 0.1) is 11.8 Å². The van der Waals surface area contributed by atoms with Gasteiger partial charge in [-0.05, 0) is 51.4 Å². The SMILES string of the molecule is CC.CCN1CC(C2CCN(C)CC2)C1. The van der Waals surface area contributed by atoms with Crippen molar-refractivity contribution in [2.45, 2.75) is 33.6 Å². The fraction of sp³-hybridized carbons (Fsp3) is 1.00. The third kappa shape index (κ3) is 3.46. The van der Waals surface area contributed by atoms with Gasteiger partial charge in [0.15, 0.2) is 0 Å². The molecule has 2 nitrogen and oxygen atoms in total. The van der Waals surface area contributed by atoms with E-state index in [0.717, 1.165) is 11.8 Å². The van der Waals surface area contributed by atoms with Gasteiger partial charge in [0.2, 0.25) is 0 Å². The van der Waals surface area contributed by atoms with Crippen LogP contribution in [0.15, 0.2) is 0 Å². The predicted molar refractivity (Wildman–Crippen MR) is 67.2 cm³/mol. The molecule has 2 heteroatoms. The summed E-state index contributed by atoms with van der Waals surface area (Å²) in [5, 5.41) is 0. The summed E-state index contributed by atoms with van der Waals surface area (Å²) >= 11 is 0. The average molecular weight is 212 g/mol. The Bertz CT molecular complexity index is 156. The van der Waals surface area contributed by atoms with Gasteiger partial charge in [-0.1, -0.05) is 20.8 Å². The molecule has 2 fully saturated rings. The summed E-state index contributed by atoms with van der Waals surface area (Å²) in [6.45, 7) is 12.9. The Labute approximate surface area is 95.6 Å². The molecule has 2 aliphatic heterocycles. The zero-order valence-electron chi connectivity index (χ0n) is 11.0. The molecule has 90 valence electrons. The fourth-order valence-electron chi connectivity index (χ4n) is 2.67. The van der Waals surface area contributed by atoms with Gasteiger partial charge in [0, 0.05) is 13.1 Å². The van der Waals surface area contributed by atoms with E-state index in [4.69, 9.17) is 0 Å². The maximum Gasteiger partial charge on any atom is 0.00246 e. The molecule has 0 amide bonds. The first-order valence-corrected chi connectivity index (χ1v) is 6.70. The van der Waals surface area contributed by atoms with E-state index in [2.05, 4.69) is 23.8 Å². The molecular formula is C13H28N2. The zero-order chi connectivity index (χ0) is 11.3. The van der Waals surface area contributed by atoms with E-state index in [9.17, 15) is 0 Å². The van der Waals surface area contributed by atoms with Crippen molar-refractivity contribution in [1.82, 2.24) is 9.80 Å². The Morgan fingerprint density at radius 3 is 2.00 bits per heavy atom. The first-order chi connectivity index (χ1) is 7.29. The average Bonchev–Trinajstić information content (AvgIpc) is 2.22. The van der Waals surface area contributed by atoms with Crippen molar-refractivity contribution in [2.24, 2.45) is 11.8 Å². The number of hydrogen-bond donors (Lipinski definition) is 0. The molecule has 0 aromatic rings. The Morgan fingerprint density at radius 2 is 1.53 bits per heavy atom. The highest BCUT2D eigenvalue weighted by molar-refractivity contribution is 4.86. The van der Waals surface area contributed by atoms with E-state index in [1.807, 2.05) is 13.8 Å². The van der Waals surface area contributed by atoms with E-state index in [1.165, 1.54) is 45.6 Å². The van der Waals surface area contributed by atoms with Gasteiger partial charge in [-0.15, -0.1) is 0 Å². The molecule has 0 atom stereocenters. The van der Waals surface area contributed by atoms with Gasteiger partial charge in [0.25, 0.3) is 0 Å². The molecule has 0 saturated carbocycles. The van der Waals surface area contributed by atoms with Crippen molar-refractivity contribution in [3.05, 3.63) is 0 Å². The molecule has 0 spiro atoms. The van der Waals surface area contributed by atoms with Gasteiger partial charge in [0.05, 0.1) is 0 Å². The van der Waals surface area contributed by atoms with Crippen molar-refractivity contribution in [2.75, 3.05) is 39.8 Å². The molecule has 0 aromatic carbocycles. The highest BCUT2D eigenvalue weighted by Gasteiger charge is 2.33. The van der Waals surface area contributed by atoms with Crippen LogP contribution in [0.25, 0.3) is 0 Å². The van der Waals surface area contributed by atoms with E-state index in [1.54, 1.807) is 0 Å². The summed E-state index contributed by atoms with van der Waals surface area (Å²) in [7, 11) is 2.25. The summed E-state index contributed by atoms with van der Waals surface area (Å²) in [4.78, 5) is 5.02. The van der Waals surface area contributed by atoms with E-state index in [0.29, 0.717) is 0 Å². The highest BCUT2D eigenvalue weighted by Crippen LogP contribution is 2.30. The minimum atomic E-state index is 1.04. The number of rotatable bonds is 2. The molecule has 0 aromatic heterocycles. The van der Waals surface area contributed by atoms with Crippen LogP contribution in [-0.4, -0.2) is 49.6 Å². The summed E-state index contributed by atoms with van der Waals surface area (Å²) in [5.41, 5.74) is 0. The lowest BCUT2D eigenvalue weighted by molar-refractivity contribution is 0.0360. The van der Waals surface area contributed by atoms with Gasteiger partial charge in [-0.2, -0.15) is 0 Å². The lowest BCUT2D eigenvalue weighted by Gasteiger charge is -2.45. The first-order valence-electron chi connectivity index (χ1n) is 6.70. The van der Waals surface area contributed by atoms with Gasteiger partial charge in [0.1, 0.15) is 0 Å². The normalized spacial score (nSPS) is 25.6. The lowest BCUT2D eigenvalue weighted by atomic mass is 9.80. The predicted octanol–water partition coefficient (Wildman–Crippen LogP) is 2.31. The molecule has 0 aliphatic carbocycles. The molecule has 0 N–H and O–H groups in total. The van der Waals surface area contributed by atoms with Crippen LogP contribution in [0.5, 0.6) is 0 Å². The Kier molecular flexibility index (Phi) is 5.62. The minimum absolute atomic E-state index is 1.04. The van der Waals surface area contributed by atoms with Crippen LogP contribution < -0.4 is 0 Å². The smallest absolute Gasteiger partial charge is 0.00246 e. The van der Waals surface area contributed by atoms with Crippen molar-refractivity contribution >= 4 is 0 Å². The number of likely N-dealkylation sites (tertiary alicyclic amines) is 2. The quantitative estimate of drug-likeness (QED) is 0.693. The molecule has 0 unspecified atom stereocenters. The minimum Gasteiger partial charge on any atom is -0.306 e. The van der Waals surface area contributed by atoms with E-state index in [-0.39, 0.29) is 0 Å². The van der Waals surface area contributed by atoms with Gasteiger partial charge < -0.3 is 9.80 Å². The standard InChI is InChI=1S/C11H22N2.C2H6/c1-3-13-8-11(9-13)10-4-6-12(2)7-5-10;1-2/h10-11H,3-9H2,1-2H3;1-2H3. The highest BCUT2D eigenvalue weighted by atomic mass is 15.2. The molecule has 2 aliphatic rings. The zero-order valence-corrected chi connectivity index (χ0v) is 11.0. The summed E-state index contributed by atoms with van der Waals surface area (Å²) < 4.78 is 0. The lowest BCUT2D eigenvalue weighted by Crippen LogP contribution is -2.51. The molecule has 2 heterocycles. The van der Waals surface area contributed by atoms with Crippen LogP contribution in [0.4, 0.5) is 0 Å². The molecule has 0 bridgehead atoms. The third-order valence-corrected chi connectivity index (χ3v) is 3.86. The van der Waals surface area contributed by atoms with Gasteiger partial charge in [-0.3, -0.25) is 0 Å². The second-order valence-corrected chi connectivity index (χ2v) is 4.75. The maximum absolute atomic E-state index is 2.56. The van der Waals surface area contributed by atoms with Gasteiger partial charge in [-0.25, -0.2) is 0 Å². The summed E-state index contributed by atoms with van der Waals surface area (Å²) in [5.74, 6) is 2.08. The van der Waals surface area contributed by atoms with Crippen molar-refractivity contribution < 1.29 is 0 Å². The molecule has 2 rings (SSSR count). The second kappa shape index (κ2) is 6.49. The van der Waals surface area contributed by atoms with Crippen LogP contribution in [0.1, 0.15) is 33.6 Å².